The van der Waals surface area contributed by atoms with E-state index < -0.39 is 0 Å². The lowest BCUT2D eigenvalue weighted by molar-refractivity contribution is 0.413. The van der Waals surface area contributed by atoms with Crippen LogP contribution < -0.4 is 20.1 Å². The summed E-state index contributed by atoms with van der Waals surface area (Å²) in [5, 5.41) is 7.94. The van der Waals surface area contributed by atoms with Crippen molar-refractivity contribution >= 4 is 35.2 Å². The molecule has 0 bridgehead atoms. The monoisotopic (exact) mass is 1360 g/mol. The molecule has 0 spiro atoms. The Morgan fingerprint density at radius 1 is 0.272 bits per heavy atom. The molecule has 6 nitrogen and oxygen atoms in total. The van der Waals surface area contributed by atoms with Gasteiger partial charge in [-0.15, -0.1) is 0 Å². The van der Waals surface area contributed by atoms with E-state index in [9.17, 15) is 0 Å². The Balaban J connectivity index is 0.000000219. The Morgan fingerprint density at radius 3 is 0.660 bits per heavy atom. The van der Waals surface area contributed by atoms with Crippen LogP contribution in [0.2, 0.25) is 0 Å². The zero-order chi connectivity index (χ0) is 71.5. The normalized spacial score (nSPS) is 13.6. The van der Waals surface area contributed by atoms with Crippen LogP contribution in [0, 0.1) is 13.8 Å². The lowest BCUT2D eigenvalue weighted by atomic mass is 9.84. The Kier molecular flexibility index (Phi) is 26.3. The van der Waals surface area contributed by atoms with E-state index in [2.05, 4.69) is 371 Å². The number of nitrogens with zero attached hydrogens (tertiary/aromatic N) is 2. The number of rotatable bonds is 26. The number of hydrogen-bond acceptors (Lipinski definition) is 6. The minimum absolute atomic E-state index is 0. The van der Waals surface area contributed by atoms with Gasteiger partial charge in [0.2, 0.25) is 0 Å². The van der Waals surface area contributed by atoms with Crippen LogP contribution in [0.25, 0.3) is 0 Å². The largest absolute Gasteiger partial charge is 0.497 e. The van der Waals surface area contributed by atoms with Crippen molar-refractivity contribution in [2.24, 2.45) is 9.98 Å². The number of benzene rings is 12. The van der Waals surface area contributed by atoms with Gasteiger partial charge in [0.25, 0.3) is 0 Å². The number of aryl methyl sites for hydroxylation is 2. The molecule has 0 saturated carbocycles. The molecular formula is C97H104N4O2. The fraction of sp³-hybridized carbons (Fsp3) is 0.237. The fourth-order valence-electron chi connectivity index (χ4n) is 14.6. The maximum atomic E-state index is 5.92. The highest BCUT2D eigenvalue weighted by Crippen LogP contribution is 2.46. The lowest BCUT2D eigenvalue weighted by Gasteiger charge is -2.27. The number of methoxy groups -OCH3 is 2. The smallest absolute Gasteiger partial charge is 0.119 e. The first-order valence-electron chi connectivity index (χ1n) is 36.4. The Labute approximate surface area is 615 Å². The molecule has 0 saturated heterocycles. The highest BCUT2D eigenvalue weighted by molar-refractivity contribution is 6.17. The van der Waals surface area contributed by atoms with Crippen LogP contribution in [-0.4, -0.2) is 39.7 Å². The van der Waals surface area contributed by atoms with Gasteiger partial charge in [-0.2, -0.15) is 0 Å². The molecule has 0 unspecified atom stereocenters. The molecule has 8 atom stereocenters. The summed E-state index contributed by atoms with van der Waals surface area (Å²) in [5.41, 5.74) is 26.9. The average Bonchev–Trinajstić information content (AvgIpc) is 0.794. The topological polar surface area (TPSA) is 67.2 Å². The third kappa shape index (κ3) is 18.3. The summed E-state index contributed by atoms with van der Waals surface area (Å²) in [6.45, 7) is 24.2. The van der Waals surface area contributed by atoms with Crippen LogP contribution in [0.1, 0.15) is 210 Å². The summed E-state index contributed by atoms with van der Waals surface area (Å²) < 4.78 is 11.8. The first-order chi connectivity index (χ1) is 49.7. The molecule has 6 heteroatoms. The first-order valence-corrected chi connectivity index (χ1v) is 36.4. The van der Waals surface area contributed by atoms with Crippen LogP contribution in [0.5, 0.6) is 11.5 Å². The molecular weight excluding hydrogens is 1250 g/mol. The van der Waals surface area contributed by atoms with Crippen molar-refractivity contribution in [3.05, 3.63) is 391 Å². The van der Waals surface area contributed by atoms with Crippen LogP contribution in [-0.2, 0) is 0 Å². The van der Waals surface area contributed by atoms with Gasteiger partial charge >= 0.3 is 0 Å². The zero-order valence-corrected chi connectivity index (χ0v) is 61.6. The van der Waals surface area contributed by atoms with E-state index >= 15 is 0 Å². The van der Waals surface area contributed by atoms with Crippen LogP contribution in [0.15, 0.2) is 301 Å². The van der Waals surface area contributed by atoms with E-state index in [4.69, 9.17) is 19.5 Å². The molecule has 524 valence electrons. The standard InChI is InChI=1S/C48H52N2O.C48H48N2O.CH4/c2*1-33-29-43(34(2)38-19-11-7-12-20-38)47(44(30-33)35(3)39-21-13-8-14-22-39)49-27-28-50-48-45(36(4)40-23-15-9-16-24-40)31-42(51-6)32-46(48)37(5)41-25-17-10-18-26-41;/h7-26,29-32,34-37,49-50H,27-28H2,1-6H3;7-32,34-37H,1-6H3;1H4/t2*34-,35-,36-,37-;/m11./s1. The van der Waals surface area contributed by atoms with Gasteiger partial charge in [-0.05, 0) is 127 Å². The molecule has 12 aromatic carbocycles. The van der Waals surface area contributed by atoms with Gasteiger partial charge in [0.1, 0.15) is 11.5 Å². The predicted molar refractivity (Wildman–Crippen MR) is 440 cm³/mol. The molecule has 12 aromatic rings. The number of aliphatic imine (C=N–C) groups is 2. The first kappa shape index (κ1) is 74.9. The number of anilines is 2. The van der Waals surface area contributed by atoms with Crippen molar-refractivity contribution in [2.45, 2.75) is 124 Å². The van der Waals surface area contributed by atoms with Gasteiger partial charge < -0.3 is 20.1 Å². The summed E-state index contributed by atoms with van der Waals surface area (Å²) in [7, 11) is 3.51. The molecule has 103 heavy (non-hydrogen) atoms. The minimum Gasteiger partial charge on any atom is -0.497 e. The van der Waals surface area contributed by atoms with E-state index in [1.807, 2.05) is 12.4 Å². The molecule has 0 aliphatic rings. The molecule has 0 aromatic heterocycles. The summed E-state index contributed by atoms with van der Waals surface area (Å²) in [5.74, 6) is 3.06. The van der Waals surface area contributed by atoms with E-state index in [-0.39, 0.29) is 54.8 Å². The second-order valence-corrected chi connectivity index (χ2v) is 27.4. The molecule has 2 N–H and O–H groups in total. The second kappa shape index (κ2) is 36.2. The maximum Gasteiger partial charge on any atom is 0.119 e. The fourth-order valence-corrected chi connectivity index (χ4v) is 14.6. The Hall–Kier alpha value is -10.8. The maximum absolute atomic E-state index is 5.92. The number of nitrogens with one attached hydrogen (secondary N) is 2. The SMILES string of the molecule is C.COc1cc([C@H](C)c2ccccc2)c(N=CC=Nc2c([C@H](C)c3ccccc3)cc(C)cc2[C@H](C)c2ccccc2)c([C@H](C)c2ccccc2)c1.COc1cc([C@H](C)c2ccccc2)c(NCCNc2c([C@H](C)c3ccccc3)cc(C)cc2[C@H](C)c2ccccc2)c([C@H](C)c2ccccc2)c1. The molecule has 0 aliphatic carbocycles. The Morgan fingerprint density at radius 2 is 0.447 bits per heavy atom. The third-order valence-electron chi connectivity index (χ3n) is 20.8. The number of hydrogen-bond donors (Lipinski definition) is 2. The van der Waals surface area contributed by atoms with Crippen molar-refractivity contribution in [1.82, 2.24) is 0 Å². The van der Waals surface area contributed by atoms with E-state index in [1.165, 1.54) is 100 Å². The van der Waals surface area contributed by atoms with Crippen molar-refractivity contribution in [2.75, 3.05) is 37.9 Å². The predicted octanol–water partition coefficient (Wildman–Crippen LogP) is 25.5. The minimum atomic E-state index is 0. The van der Waals surface area contributed by atoms with E-state index in [0.29, 0.717) is 0 Å². The molecule has 0 amide bonds. The Bertz CT molecular complexity index is 4410. The molecule has 0 aliphatic heterocycles. The highest BCUT2D eigenvalue weighted by Gasteiger charge is 2.27. The van der Waals surface area contributed by atoms with Crippen molar-refractivity contribution < 1.29 is 9.47 Å². The van der Waals surface area contributed by atoms with Crippen molar-refractivity contribution in [3.63, 3.8) is 0 Å². The van der Waals surface area contributed by atoms with Crippen LogP contribution >= 0.6 is 0 Å². The molecule has 12 rings (SSSR count). The molecule has 0 fully saturated rings. The average molecular weight is 1360 g/mol. The van der Waals surface area contributed by atoms with Gasteiger partial charge in [0.15, 0.2) is 0 Å². The van der Waals surface area contributed by atoms with Gasteiger partial charge in [-0.3, -0.25) is 9.98 Å². The number of ether oxygens (including phenoxy) is 2. The molecule has 0 radical (unpaired) electrons. The quantitative estimate of drug-likeness (QED) is 0.0419. The van der Waals surface area contributed by atoms with Crippen molar-refractivity contribution in [3.8, 4) is 11.5 Å². The summed E-state index contributed by atoms with van der Waals surface area (Å²) in [6, 6.07) is 104. The second-order valence-electron chi connectivity index (χ2n) is 27.4. The van der Waals surface area contributed by atoms with Crippen LogP contribution in [0.3, 0.4) is 0 Å². The zero-order valence-electron chi connectivity index (χ0n) is 61.6. The third-order valence-corrected chi connectivity index (χ3v) is 20.8. The summed E-state index contributed by atoms with van der Waals surface area (Å²) in [6.07, 6.45) is 3.75. The molecule has 0 heterocycles. The van der Waals surface area contributed by atoms with Gasteiger partial charge in [-0.25, -0.2) is 0 Å². The van der Waals surface area contributed by atoms with Gasteiger partial charge in [0.05, 0.1) is 25.6 Å². The van der Waals surface area contributed by atoms with Gasteiger partial charge in [0, 0.05) is 84.2 Å². The lowest BCUT2D eigenvalue weighted by Crippen LogP contribution is -2.19. The van der Waals surface area contributed by atoms with Gasteiger partial charge in [-0.1, -0.05) is 341 Å². The van der Waals surface area contributed by atoms with Crippen LogP contribution in [0.4, 0.5) is 22.7 Å². The van der Waals surface area contributed by atoms with E-state index in [1.54, 1.807) is 14.2 Å². The van der Waals surface area contributed by atoms with E-state index in [0.717, 1.165) is 47.1 Å². The summed E-state index contributed by atoms with van der Waals surface area (Å²) >= 11 is 0. The van der Waals surface area contributed by atoms with Crippen molar-refractivity contribution in [1.29, 1.82) is 0 Å². The summed E-state index contributed by atoms with van der Waals surface area (Å²) in [4.78, 5) is 10.5. The highest BCUT2D eigenvalue weighted by atomic mass is 16.5.